The summed E-state index contributed by atoms with van der Waals surface area (Å²) < 4.78 is 2.31. The van der Waals surface area contributed by atoms with Crippen LogP contribution in [-0.4, -0.2) is 29.5 Å². The van der Waals surface area contributed by atoms with E-state index in [-0.39, 0.29) is 0 Å². The summed E-state index contributed by atoms with van der Waals surface area (Å²) in [5.41, 5.74) is 12.3. The largest absolute Gasteiger partial charge is 0.309 e. The van der Waals surface area contributed by atoms with Gasteiger partial charge in [-0.3, -0.25) is 0 Å². The van der Waals surface area contributed by atoms with Gasteiger partial charge in [-0.15, -0.1) is 0 Å². The van der Waals surface area contributed by atoms with E-state index >= 15 is 0 Å². The number of nitrogens with zero attached hydrogens (tertiary/aromatic N) is 7. The smallest absolute Gasteiger partial charge is 0.164 e. The second-order valence-corrected chi connectivity index (χ2v) is 15.2. The molecule has 0 radical (unpaired) electrons. The van der Waals surface area contributed by atoms with Crippen LogP contribution in [0.2, 0.25) is 0 Å². The fraction of sp³-hybridized carbons (Fsp3) is 0. The maximum atomic E-state index is 10.1. The van der Waals surface area contributed by atoms with Gasteiger partial charge in [-0.05, 0) is 53.6 Å². The minimum absolute atomic E-state index is 0.536. The predicted molar refractivity (Wildman–Crippen MR) is 253 cm³/mol. The number of hydrogen-bond donors (Lipinski definition) is 0. The molecule has 0 unspecified atom stereocenters. The second-order valence-electron chi connectivity index (χ2n) is 15.2. The van der Waals surface area contributed by atoms with E-state index in [1.54, 1.807) is 0 Å². The number of hydrogen-bond acceptors (Lipinski definition) is 6. The van der Waals surface area contributed by atoms with Crippen molar-refractivity contribution >= 4 is 21.8 Å². The van der Waals surface area contributed by atoms with Gasteiger partial charge in [0.1, 0.15) is 0 Å². The summed E-state index contributed by atoms with van der Waals surface area (Å²) in [5.74, 6) is 2.31. The van der Waals surface area contributed by atoms with Crippen LogP contribution in [0.15, 0.2) is 212 Å². The molecular weight excluding hydrogens is 771 g/mol. The molecule has 8 aromatic carbocycles. The van der Waals surface area contributed by atoms with Crippen molar-refractivity contribution in [2.75, 3.05) is 0 Å². The Labute approximate surface area is 364 Å². The van der Waals surface area contributed by atoms with Crippen LogP contribution in [0.1, 0.15) is 5.56 Å². The Morgan fingerprint density at radius 3 is 1.46 bits per heavy atom. The summed E-state index contributed by atoms with van der Waals surface area (Å²) in [6.45, 7) is 0. The molecule has 0 saturated heterocycles. The van der Waals surface area contributed by atoms with Crippen molar-refractivity contribution in [2.24, 2.45) is 0 Å². The second kappa shape index (κ2) is 16.0. The Balaban J connectivity index is 1.21. The molecule has 0 aliphatic carbocycles. The molecule has 0 aliphatic rings. The first-order chi connectivity index (χ1) is 31.2. The fourth-order valence-corrected chi connectivity index (χ4v) is 8.30. The van der Waals surface area contributed by atoms with Gasteiger partial charge >= 0.3 is 0 Å². The zero-order valence-corrected chi connectivity index (χ0v) is 33.8. The number of fused-ring (bicyclic) bond motifs is 3. The minimum atomic E-state index is 0.536. The summed E-state index contributed by atoms with van der Waals surface area (Å²) in [6, 6.07) is 73.9. The van der Waals surface area contributed by atoms with Crippen LogP contribution in [-0.2, 0) is 0 Å². The Bertz CT molecular complexity index is 3390. The minimum Gasteiger partial charge on any atom is -0.309 e. The van der Waals surface area contributed by atoms with Crippen molar-refractivity contribution < 1.29 is 0 Å². The molecule has 0 spiro atoms. The van der Waals surface area contributed by atoms with Crippen molar-refractivity contribution in [1.29, 1.82) is 5.26 Å². The molecule has 0 fully saturated rings. The summed E-state index contributed by atoms with van der Waals surface area (Å²) in [5, 5.41) is 12.3. The van der Waals surface area contributed by atoms with E-state index in [0.29, 0.717) is 28.9 Å². The highest BCUT2D eigenvalue weighted by Gasteiger charge is 2.22. The molecule has 3 heterocycles. The van der Waals surface area contributed by atoms with Gasteiger partial charge in [0.2, 0.25) is 0 Å². The van der Waals surface area contributed by atoms with Gasteiger partial charge in [0.25, 0.3) is 0 Å². The quantitative estimate of drug-likeness (QED) is 0.152. The summed E-state index contributed by atoms with van der Waals surface area (Å²) >= 11 is 0. The Kier molecular flexibility index (Phi) is 9.41. The summed E-state index contributed by atoms with van der Waals surface area (Å²) in [6.07, 6.45) is 0. The van der Waals surface area contributed by atoms with E-state index < -0.39 is 0 Å². The van der Waals surface area contributed by atoms with Crippen molar-refractivity contribution in [2.45, 2.75) is 0 Å². The first kappa shape index (κ1) is 37.2. The summed E-state index contributed by atoms with van der Waals surface area (Å²) in [7, 11) is 0. The lowest BCUT2D eigenvalue weighted by Gasteiger charge is -2.17. The third-order valence-corrected chi connectivity index (χ3v) is 11.3. The monoisotopic (exact) mass is 805 g/mol. The lowest BCUT2D eigenvalue weighted by atomic mass is 9.99. The number of aromatic nitrogens is 6. The zero-order chi connectivity index (χ0) is 42.1. The van der Waals surface area contributed by atoms with Gasteiger partial charge in [-0.25, -0.2) is 24.9 Å². The van der Waals surface area contributed by atoms with Gasteiger partial charge < -0.3 is 4.57 Å². The molecular formula is C56H35N7. The third-order valence-electron chi connectivity index (χ3n) is 11.3. The van der Waals surface area contributed by atoms with Gasteiger partial charge in [-0.1, -0.05) is 170 Å². The Morgan fingerprint density at radius 1 is 0.333 bits per heavy atom. The first-order valence-electron chi connectivity index (χ1n) is 20.7. The molecule has 0 saturated carbocycles. The topological polar surface area (TPSA) is 93.2 Å². The van der Waals surface area contributed by atoms with E-state index in [4.69, 9.17) is 24.9 Å². The lowest BCUT2D eigenvalue weighted by Crippen LogP contribution is -2.03. The standard InChI is InChI=1S/C56H35N7/c57-36-43-25-13-14-26-44(43)41-29-31-46-45-27-15-16-28-50(45)63(52(46)34-41)51-32-30-42(56-61-54(39-21-9-3-10-22-39)60-55(62-56)40-23-11-4-12-24-40)33-47(51)49-35-48(37-17-5-1-6-18-37)58-53(59-49)38-19-7-2-8-20-38/h1-35H. The van der Waals surface area contributed by atoms with E-state index in [1.165, 1.54) is 0 Å². The highest BCUT2D eigenvalue weighted by atomic mass is 15.0. The van der Waals surface area contributed by atoms with Crippen LogP contribution in [0.5, 0.6) is 0 Å². The van der Waals surface area contributed by atoms with Crippen molar-refractivity contribution in [1.82, 2.24) is 29.5 Å². The molecule has 0 N–H and O–H groups in total. The molecule has 11 aromatic rings. The third kappa shape index (κ3) is 6.98. The van der Waals surface area contributed by atoms with Crippen molar-refractivity contribution in [3.63, 3.8) is 0 Å². The molecule has 294 valence electrons. The molecule has 0 atom stereocenters. The predicted octanol–water partition coefficient (Wildman–Crippen LogP) is 13.3. The zero-order valence-electron chi connectivity index (χ0n) is 33.8. The van der Waals surface area contributed by atoms with Crippen LogP contribution in [0.25, 0.3) is 107 Å². The highest BCUT2D eigenvalue weighted by Crippen LogP contribution is 2.40. The molecule has 0 aliphatic heterocycles. The molecule has 3 aromatic heterocycles. The molecule has 0 amide bonds. The highest BCUT2D eigenvalue weighted by molar-refractivity contribution is 6.11. The molecule has 0 bridgehead atoms. The van der Waals surface area contributed by atoms with Gasteiger partial charge in [0, 0.05) is 44.2 Å². The van der Waals surface area contributed by atoms with Gasteiger partial charge in [-0.2, -0.15) is 5.26 Å². The van der Waals surface area contributed by atoms with Crippen LogP contribution < -0.4 is 0 Å². The maximum Gasteiger partial charge on any atom is 0.164 e. The Morgan fingerprint density at radius 2 is 0.825 bits per heavy atom. The van der Waals surface area contributed by atoms with Crippen molar-refractivity contribution in [3.8, 4) is 90.9 Å². The van der Waals surface area contributed by atoms with Crippen LogP contribution >= 0.6 is 0 Å². The van der Waals surface area contributed by atoms with Crippen LogP contribution in [0.4, 0.5) is 0 Å². The van der Waals surface area contributed by atoms with E-state index in [9.17, 15) is 5.26 Å². The van der Waals surface area contributed by atoms with Crippen LogP contribution in [0, 0.1) is 11.3 Å². The number of rotatable bonds is 8. The number of benzene rings is 8. The molecule has 7 nitrogen and oxygen atoms in total. The average molecular weight is 806 g/mol. The first-order valence-corrected chi connectivity index (χ1v) is 20.7. The van der Waals surface area contributed by atoms with Gasteiger partial charge in [0.15, 0.2) is 23.3 Å². The van der Waals surface area contributed by atoms with E-state index in [0.717, 1.165) is 83.4 Å². The Hall–Kier alpha value is -8.86. The van der Waals surface area contributed by atoms with E-state index in [2.05, 4.69) is 89.5 Å². The van der Waals surface area contributed by atoms with Crippen molar-refractivity contribution in [3.05, 3.63) is 218 Å². The normalized spacial score (nSPS) is 11.2. The maximum absolute atomic E-state index is 10.1. The molecule has 7 heteroatoms. The average Bonchev–Trinajstić information content (AvgIpc) is 3.70. The fourth-order valence-electron chi connectivity index (χ4n) is 8.30. The van der Waals surface area contributed by atoms with Gasteiger partial charge in [0.05, 0.1) is 39.7 Å². The molecule has 63 heavy (non-hydrogen) atoms. The lowest BCUT2D eigenvalue weighted by molar-refractivity contribution is 1.07. The summed E-state index contributed by atoms with van der Waals surface area (Å²) in [4.78, 5) is 25.8. The molecule has 11 rings (SSSR count). The SMILES string of the molecule is N#Cc1ccccc1-c1ccc2c3ccccc3n(-c3ccc(-c4nc(-c5ccccc5)nc(-c5ccccc5)n4)cc3-c3cc(-c4ccccc4)nc(-c4ccccc4)n3)c2c1. The number of nitriles is 1. The van der Waals surface area contributed by atoms with Crippen LogP contribution in [0.3, 0.4) is 0 Å². The van der Waals surface area contributed by atoms with E-state index in [1.807, 2.05) is 133 Å². The number of para-hydroxylation sites is 1.